The van der Waals surface area contributed by atoms with E-state index >= 15 is 0 Å². The summed E-state index contributed by atoms with van der Waals surface area (Å²) in [4.78, 5) is 4.23. The van der Waals surface area contributed by atoms with Crippen LogP contribution in [0.25, 0.3) is 0 Å². The van der Waals surface area contributed by atoms with E-state index in [1.165, 1.54) is 30.6 Å². The molecule has 7 nitrogen and oxygen atoms in total. The lowest BCUT2D eigenvalue weighted by atomic mass is 10.2. The van der Waals surface area contributed by atoms with Crippen molar-refractivity contribution in [2.24, 2.45) is 0 Å². The summed E-state index contributed by atoms with van der Waals surface area (Å²) < 4.78 is 29.0. The maximum absolute atomic E-state index is 12.4. The summed E-state index contributed by atoms with van der Waals surface area (Å²) in [5.74, 6) is 0.569. The molecule has 0 unspecified atom stereocenters. The van der Waals surface area contributed by atoms with Crippen LogP contribution in [0.3, 0.4) is 0 Å². The number of nitriles is 1. The van der Waals surface area contributed by atoms with Gasteiger partial charge >= 0.3 is 0 Å². The van der Waals surface area contributed by atoms with Gasteiger partial charge < -0.3 is 0 Å². The molecule has 2 rings (SSSR count). The molecule has 0 aliphatic heterocycles. The third-order valence-electron chi connectivity index (χ3n) is 3.09. The highest BCUT2D eigenvalue weighted by Gasteiger charge is 2.21. The van der Waals surface area contributed by atoms with Gasteiger partial charge in [-0.05, 0) is 37.6 Å². The van der Waals surface area contributed by atoms with Crippen LogP contribution in [0.15, 0.2) is 35.5 Å². The Morgan fingerprint density at radius 3 is 2.64 bits per heavy atom. The van der Waals surface area contributed by atoms with Crippen molar-refractivity contribution >= 4 is 10.0 Å². The zero-order chi connectivity index (χ0) is 16.2. The van der Waals surface area contributed by atoms with Crippen molar-refractivity contribution in [1.82, 2.24) is 19.5 Å². The Bertz CT molecular complexity index is 774. The van der Waals surface area contributed by atoms with Crippen LogP contribution in [0, 0.1) is 11.3 Å². The topological polar surface area (TPSA) is 101 Å². The Balaban J connectivity index is 2.20. The van der Waals surface area contributed by atoms with E-state index in [1.54, 1.807) is 11.6 Å². The average Bonchev–Trinajstić information content (AvgIpc) is 2.96. The molecule has 1 atom stereocenters. The van der Waals surface area contributed by atoms with Crippen LogP contribution in [0.1, 0.15) is 37.7 Å². The second kappa shape index (κ2) is 6.68. The van der Waals surface area contributed by atoms with Gasteiger partial charge in [-0.1, -0.05) is 6.92 Å². The zero-order valence-electron chi connectivity index (χ0n) is 12.4. The van der Waals surface area contributed by atoms with E-state index in [0.717, 1.165) is 6.42 Å². The highest BCUT2D eigenvalue weighted by atomic mass is 32.2. The minimum Gasteiger partial charge on any atom is -0.249 e. The maximum atomic E-state index is 12.4. The molecule has 0 amide bonds. The number of aryl methyl sites for hydroxylation is 1. The molecule has 1 aromatic carbocycles. The van der Waals surface area contributed by atoms with E-state index in [4.69, 9.17) is 5.26 Å². The van der Waals surface area contributed by atoms with Crippen molar-refractivity contribution in [2.75, 3.05) is 0 Å². The van der Waals surface area contributed by atoms with E-state index in [2.05, 4.69) is 14.8 Å². The molecule has 0 aliphatic rings. The Kier molecular flexibility index (Phi) is 4.90. The Morgan fingerprint density at radius 2 is 2.05 bits per heavy atom. The highest BCUT2D eigenvalue weighted by molar-refractivity contribution is 7.89. The second-order valence-electron chi connectivity index (χ2n) is 4.82. The molecule has 1 N–H and O–H groups in total. The first-order valence-corrected chi connectivity index (χ1v) is 8.36. The number of hydrogen-bond acceptors (Lipinski definition) is 5. The van der Waals surface area contributed by atoms with Crippen LogP contribution in [0.5, 0.6) is 0 Å². The molecule has 0 saturated heterocycles. The van der Waals surface area contributed by atoms with Gasteiger partial charge in [0.25, 0.3) is 0 Å². The lowest BCUT2D eigenvalue weighted by Gasteiger charge is -2.14. The normalized spacial score (nSPS) is 12.8. The molecule has 1 aromatic heterocycles. The predicted octanol–water partition coefficient (Wildman–Crippen LogP) is 1.60. The molecule has 0 bridgehead atoms. The second-order valence-corrected chi connectivity index (χ2v) is 6.53. The van der Waals surface area contributed by atoms with Gasteiger partial charge in [-0.15, -0.1) is 0 Å². The standard InChI is InChI=1S/C14H17N5O2S/c1-3-8-19-14(16-10-17-19)11(2)18-22(20,21)13-6-4-12(9-15)5-7-13/h4-7,10-11,18H,3,8H2,1-2H3/t11-/m0/s1. The van der Waals surface area contributed by atoms with E-state index < -0.39 is 16.1 Å². The third kappa shape index (κ3) is 3.50. The zero-order valence-corrected chi connectivity index (χ0v) is 13.2. The lowest BCUT2D eigenvalue weighted by molar-refractivity contribution is 0.515. The van der Waals surface area contributed by atoms with Gasteiger partial charge in [0.05, 0.1) is 22.6 Å². The van der Waals surface area contributed by atoms with E-state index in [-0.39, 0.29) is 4.90 Å². The molecule has 22 heavy (non-hydrogen) atoms. The number of benzene rings is 1. The van der Waals surface area contributed by atoms with Gasteiger partial charge in [-0.2, -0.15) is 10.4 Å². The van der Waals surface area contributed by atoms with Crippen LogP contribution in [-0.2, 0) is 16.6 Å². The summed E-state index contributed by atoms with van der Waals surface area (Å²) in [7, 11) is -3.68. The van der Waals surface area contributed by atoms with Crippen LogP contribution in [0.2, 0.25) is 0 Å². The van der Waals surface area contributed by atoms with Crippen molar-refractivity contribution in [3.8, 4) is 6.07 Å². The predicted molar refractivity (Wildman–Crippen MR) is 80.2 cm³/mol. The quantitative estimate of drug-likeness (QED) is 0.871. The summed E-state index contributed by atoms with van der Waals surface area (Å²) >= 11 is 0. The first-order chi connectivity index (χ1) is 10.5. The Morgan fingerprint density at radius 1 is 1.36 bits per heavy atom. The fraction of sp³-hybridized carbons (Fsp3) is 0.357. The van der Waals surface area contributed by atoms with Crippen molar-refractivity contribution in [3.05, 3.63) is 42.0 Å². The Hall–Kier alpha value is -2.24. The number of sulfonamides is 1. The minimum atomic E-state index is -3.68. The maximum Gasteiger partial charge on any atom is 0.241 e. The van der Waals surface area contributed by atoms with Gasteiger partial charge in [-0.25, -0.2) is 22.8 Å². The van der Waals surface area contributed by atoms with Gasteiger partial charge in [0.15, 0.2) is 0 Å². The van der Waals surface area contributed by atoms with E-state index in [0.29, 0.717) is 17.9 Å². The van der Waals surface area contributed by atoms with Crippen molar-refractivity contribution in [1.29, 1.82) is 5.26 Å². The molecule has 0 fully saturated rings. The van der Waals surface area contributed by atoms with E-state index in [9.17, 15) is 8.42 Å². The fourth-order valence-electron chi connectivity index (χ4n) is 2.05. The SMILES string of the molecule is CCCn1ncnc1[C@H](C)NS(=O)(=O)c1ccc(C#N)cc1. The van der Waals surface area contributed by atoms with Crippen molar-refractivity contribution in [3.63, 3.8) is 0 Å². The first kappa shape index (κ1) is 16.1. The molecule has 8 heteroatoms. The molecule has 0 aliphatic carbocycles. The number of aromatic nitrogens is 3. The van der Waals surface area contributed by atoms with Crippen LogP contribution >= 0.6 is 0 Å². The largest absolute Gasteiger partial charge is 0.249 e. The average molecular weight is 319 g/mol. The summed E-state index contributed by atoms with van der Waals surface area (Å²) in [5, 5.41) is 12.8. The smallest absolute Gasteiger partial charge is 0.241 e. The summed E-state index contributed by atoms with van der Waals surface area (Å²) in [6.07, 6.45) is 2.29. The van der Waals surface area contributed by atoms with Crippen molar-refractivity contribution in [2.45, 2.75) is 37.8 Å². The molecular formula is C14H17N5O2S. The molecule has 116 valence electrons. The first-order valence-electron chi connectivity index (χ1n) is 6.88. The fourth-order valence-corrected chi connectivity index (χ4v) is 3.26. The van der Waals surface area contributed by atoms with Crippen molar-refractivity contribution < 1.29 is 8.42 Å². The summed E-state index contributed by atoms with van der Waals surface area (Å²) in [5.41, 5.74) is 0.412. The number of nitrogens with zero attached hydrogens (tertiary/aromatic N) is 4. The molecule has 0 radical (unpaired) electrons. The monoisotopic (exact) mass is 319 g/mol. The summed E-state index contributed by atoms with van der Waals surface area (Å²) in [6, 6.07) is 7.20. The molecular weight excluding hydrogens is 302 g/mol. The summed E-state index contributed by atoms with van der Waals surface area (Å²) in [6.45, 7) is 4.41. The lowest BCUT2D eigenvalue weighted by Crippen LogP contribution is -2.29. The minimum absolute atomic E-state index is 0.111. The molecule has 1 heterocycles. The molecule has 0 saturated carbocycles. The highest BCUT2D eigenvalue weighted by Crippen LogP contribution is 2.16. The van der Waals surface area contributed by atoms with Crippen LogP contribution in [0.4, 0.5) is 0 Å². The third-order valence-corrected chi connectivity index (χ3v) is 4.65. The van der Waals surface area contributed by atoms with Gasteiger partial charge in [0.2, 0.25) is 10.0 Å². The van der Waals surface area contributed by atoms with Gasteiger partial charge in [0.1, 0.15) is 12.2 Å². The molecule has 2 aromatic rings. The van der Waals surface area contributed by atoms with Gasteiger partial charge in [-0.3, -0.25) is 0 Å². The Labute approximate surface area is 129 Å². The van der Waals surface area contributed by atoms with Crippen LogP contribution < -0.4 is 4.72 Å². The van der Waals surface area contributed by atoms with Gasteiger partial charge in [0, 0.05) is 6.54 Å². The molecule has 0 spiro atoms. The van der Waals surface area contributed by atoms with E-state index in [1.807, 2.05) is 13.0 Å². The van der Waals surface area contributed by atoms with Crippen LogP contribution in [-0.4, -0.2) is 23.2 Å². The number of hydrogen-bond donors (Lipinski definition) is 1. The number of rotatable bonds is 6. The number of nitrogens with one attached hydrogen (secondary N) is 1.